The summed E-state index contributed by atoms with van der Waals surface area (Å²) in [5, 5.41) is 3.25. The Morgan fingerprint density at radius 2 is 1.41 bits per heavy atom. The van der Waals surface area contributed by atoms with Crippen LogP contribution in [0.25, 0.3) is 5.57 Å². The topological polar surface area (TPSA) is 58.6 Å². The van der Waals surface area contributed by atoms with E-state index in [-0.39, 0.29) is 17.5 Å². The number of rotatable bonds is 5. The maximum absolute atomic E-state index is 13.6. The van der Waals surface area contributed by atoms with E-state index < -0.39 is 0 Å². The van der Waals surface area contributed by atoms with Gasteiger partial charge in [-0.3, -0.25) is 9.59 Å². The summed E-state index contributed by atoms with van der Waals surface area (Å²) in [6, 6.07) is 18.7. The minimum Gasteiger partial charge on any atom is -0.497 e. The molecule has 1 N–H and O–H groups in total. The molecule has 0 radical (unpaired) electrons. The van der Waals surface area contributed by atoms with Crippen LogP contribution in [0.5, 0.6) is 5.75 Å². The van der Waals surface area contributed by atoms with E-state index in [0.717, 1.165) is 27.9 Å². The molecule has 0 unspecified atom stereocenters. The Morgan fingerprint density at radius 1 is 0.750 bits per heavy atom. The molecule has 5 nitrogen and oxygen atoms in total. The molecule has 32 heavy (non-hydrogen) atoms. The number of imide groups is 1. The zero-order chi connectivity index (χ0) is 23.0. The molecular weight excluding hydrogens is 400 g/mol. The standard InChI is InChI=1S/C27H26N2O3/c1-16-12-17(2)14-21(13-16)28-25-24(20-7-6-18(3)19(4)15-20)26(30)29(27(25)31)22-8-10-23(32-5)11-9-22/h6-15,28H,1-5H3. The molecule has 0 saturated carbocycles. The smallest absolute Gasteiger partial charge is 0.282 e. The minimum absolute atomic E-state index is 0.277. The van der Waals surface area contributed by atoms with Gasteiger partial charge < -0.3 is 10.1 Å². The van der Waals surface area contributed by atoms with Crippen molar-refractivity contribution in [3.8, 4) is 5.75 Å². The first kappa shape index (κ1) is 21.4. The van der Waals surface area contributed by atoms with E-state index in [9.17, 15) is 9.59 Å². The normalized spacial score (nSPS) is 13.7. The number of methoxy groups -OCH3 is 1. The highest BCUT2D eigenvalue weighted by molar-refractivity contribution is 6.46. The van der Waals surface area contributed by atoms with Gasteiger partial charge in [0.2, 0.25) is 0 Å². The number of nitrogens with zero attached hydrogens (tertiary/aromatic N) is 1. The third-order valence-corrected chi connectivity index (χ3v) is 5.70. The molecule has 0 aliphatic carbocycles. The second-order valence-corrected chi connectivity index (χ2v) is 8.19. The van der Waals surface area contributed by atoms with Crippen molar-refractivity contribution >= 4 is 28.8 Å². The summed E-state index contributed by atoms with van der Waals surface area (Å²) in [5.74, 6) is -0.0772. The number of benzene rings is 3. The Labute approximate surface area is 188 Å². The first-order chi connectivity index (χ1) is 15.3. The lowest BCUT2D eigenvalue weighted by molar-refractivity contribution is -0.120. The lowest BCUT2D eigenvalue weighted by atomic mass is 9.99. The summed E-state index contributed by atoms with van der Waals surface area (Å²) in [7, 11) is 1.58. The number of carbonyl (C=O) groups is 2. The molecule has 162 valence electrons. The molecule has 2 amide bonds. The first-order valence-corrected chi connectivity index (χ1v) is 10.5. The maximum atomic E-state index is 13.6. The van der Waals surface area contributed by atoms with E-state index in [4.69, 9.17) is 4.74 Å². The van der Waals surface area contributed by atoms with Crippen LogP contribution in [-0.4, -0.2) is 18.9 Å². The van der Waals surface area contributed by atoms with Gasteiger partial charge in [-0.15, -0.1) is 0 Å². The van der Waals surface area contributed by atoms with E-state index in [1.807, 2.05) is 58.0 Å². The van der Waals surface area contributed by atoms with Crippen molar-refractivity contribution in [3.63, 3.8) is 0 Å². The second kappa shape index (κ2) is 8.35. The fraction of sp³-hybridized carbons (Fsp3) is 0.185. The van der Waals surface area contributed by atoms with E-state index in [0.29, 0.717) is 22.6 Å². The molecule has 1 aliphatic heterocycles. The van der Waals surface area contributed by atoms with Crippen LogP contribution in [-0.2, 0) is 9.59 Å². The van der Waals surface area contributed by atoms with Gasteiger partial charge in [-0.05, 0) is 91.9 Å². The van der Waals surface area contributed by atoms with Crippen LogP contribution in [0.2, 0.25) is 0 Å². The molecule has 1 aliphatic rings. The molecule has 3 aromatic carbocycles. The number of carbonyl (C=O) groups excluding carboxylic acids is 2. The summed E-state index contributed by atoms with van der Waals surface area (Å²) in [6.45, 7) is 8.02. The first-order valence-electron chi connectivity index (χ1n) is 10.5. The number of nitrogens with one attached hydrogen (secondary N) is 1. The minimum atomic E-state index is -0.382. The van der Waals surface area contributed by atoms with Crippen LogP contribution in [0.4, 0.5) is 11.4 Å². The predicted molar refractivity (Wildman–Crippen MR) is 128 cm³/mol. The Bertz CT molecular complexity index is 1240. The van der Waals surface area contributed by atoms with Crippen molar-refractivity contribution in [2.24, 2.45) is 0 Å². The van der Waals surface area contributed by atoms with Gasteiger partial charge in [0, 0.05) is 5.69 Å². The Balaban J connectivity index is 1.83. The van der Waals surface area contributed by atoms with E-state index in [1.165, 1.54) is 4.90 Å². The average Bonchev–Trinajstić information content (AvgIpc) is 2.99. The summed E-state index contributed by atoms with van der Waals surface area (Å²) in [5.41, 5.74) is 6.97. The van der Waals surface area contributed by atoms with Crippen LogP contribution in [0.3, 0.4) is 0 Å². The summed E-state index contributed by atoms with van der Waals surface area (Å²) in [6.07, 6.45) is 0. The zero-order valence-electron chi connectivity index (χ0n) is 18.9. The molecule has 0 saturated heterocycles. The van der Waals surface area contributed by atoms with Gasteiger partial charge in [0.15, 0.2) is 0 Å². The third kappa shape index (κ3) is 3.89. The highest BCUT2D eigenvalue weighted by Crippen LogP contribution is 2.35. The molecule has 1 heterocycles. The predicted octanol–water partition coefficient (Wildman–Crippen LogP) is 5.33. The molecule has 4 rings (SSSR count). The number of amides is 2. The van der Waals surface area contributed by atoms with Crippen molar-refractivity contribution in [2.45, 2.75) is 27.7 Å². The number of hydrogen-bond acceptors (Lipinski definition) is 4. The molecule has 0 aromatic heterocycles. The molecule has 0 atom stereocenters. The van der Waals surface area contributed by atoms with Gasteiger partial charge in [-0.1, -0.05) is 24.3 Å². The highest BCUT2D eigenvalue weighted by atomic mass is 16.5. The van der Waals surface area contributed by atoms with Gasteiger partial charge in [0.25, 0.3) is 11.8 Å². The lowest BCUT2D eigenvalue weighted by Gasteiger charge is -2.16. The molecule has 5 heteroatoms. The van der Waals surface area contributed by atoms with Crippen molar-refractivity contribution in [1.29, 1.82) is 0 Å². The SMILES string of the molecule is COc1ccc(N2C(=O)C(Nc3cc(C)cc(C)c3)=C(c3ccc(C)c(C)c3)C2=O)cc1. The third-order valence-electron chi connectivity index (χ3n) is 5.70. The summed E-state index contributed by atoms with van der Waals surface area (Å²) < 4.78 is 5.21. The van der Waals surface area contributed by atoms with Gasteiger partial charge in [-0.2, -0.15) is 0 Å². The van der Waals surface area contributed by atoms with Crippen molar-refractivity contribution in [3.05, 3.63) is 94.2 Å². The van der Waals surface area contributed by atoms with Crippen molar-refractivity contribution < 1.29 is 14.3 Å². The summed E-state index contributed by atoms with van der Waals surface area (Å²) >= 11 is 0. The van der Waals surface area contributed by atoms with E-state index in [1.54, 1.807) is 31.4 Å². The quantitative estimate of drug-likeness (QED) is 0.561. The van der Waals surface area contributed by atoms with Crippen LogP contribution >= 0.6 is 0 Å². The Morgan fingerprint density at radius 3 is 2.00 bits per heavy atom. The van der Waals surface area contributed by atoms with Crippen LogP contribution in [0.15, 0.2) is 66.4 Å². The molecule has 0 bridgehead atoms. The lowest BCUT2D eigenvalue weighted by Crippen LogP contribution is -2.32. The molecule has 0 spiro atoms. The van der Waals surface area contributed by atoms with E-state index in [2.05, 4.69) is 11.4 Å². The monoisotopic (exact) mass is 426 g/mol. The average molecular weight is 427 g/mol. The Kier molecular flexibility index (Phi) is 5.57. The van der Waals surface area contributed by atoms with Crippen LogP contribution in [0.1, 0.15) is 27.8 Å². The zero-order valence-corrected chi connectivity index (χ0v) is 18.9. The van der Waals surface area contributed by atoms with Gasteiger partial charge in [-0.25, -0.2) is 4.90 Å². The van der Waals surface area contributed by atoms with Crippen molar-refractivity contribution in [1.82, 2.24) is 0 Å². The van der Waals surface area contributed by atoms with E-state index >= 15 is 0 Å². The van der Waals surface area contributed by atoms with Crippen LogP contribution < -0.4 is 15.0 Å². The fourth-order valence-electron chi connectivity index (χ4n) is 3.97. The number of hydrogen-bond donors (Lipinski definition) is 1. The summed E-state index contributed by atoms with van der Waals surface area (Å²) in [4.78, 5) is 28.3. The van der Waals surface area contributed by atoms with Gasteiger partial charge in [0.05, 0.1) is 18.4 Å². The van der Waals surface area contributed by atoms with Gasteiger partial charge >= 0.3 is 0 Å². The highest BCUT2D eigenvalue weighted by Gasteiger charge is 2.40. The molecule has 0 fully saturated rings. The van der Waals surface area contributed by atoms with Crippen molar-refractivity contribution in [2.75, 3.05) is 17.3 Å². The number of anilines is 2. The van der Waals surface area contributed by atoms with Gasteiger partial charge in [0.1, 0.15) is 11.4 Å². The Hall–Kier alpha value is -3.86. The van der Waals surface area contributed by atoms with Crippen LogP contribution in [0, 0.1) is 27.7 Å². The number of ether oxygens (including phenoxy) is 1. The largest absolute Gasteiger partial charge is 0.497 e. The second-order valence-electron chi connectivity index (χ2n) is 8.19. The fourth-order valence-corrected chi connectivity index (χ4v) is 3.97. The number of aryl methyl sites for hydroxylation is 4. The molecule has 3 aromatic rings. The molecular formula is C27H26N2O3. The maximum Gasteiger partial charge on any atom is 0.282 e.